The summed E-state index contributed by atoms with van der Waals surface area (Å²) in [6.45, 7) is 8.33. The van der Waals surface area contributed by atoms with Gasteiger partial charge < -0.3 is 5.32 Å². The smallest absolute Gasteiger partial charge is 0.185 e. The second-order valence-electron chi connectivity index (χ2n) is 5.73. The summed E-state index contributed by atoms with van der Waals surface area (Å²) >= 11 is 0. The Hall–Kier alpha value is -1.03. The van der Waals surface area contributed by atoms with Crippen molar-refractivity contribution in [3.05, 3.63) is 23.8 Å². The molecule has 1 N–H and O–H groups in total. The molecule has 17 heavy (non-hydrogen) atoms. The van der Waals surface area contributed by atoms with E-state index in [9.17, 15) is 8.42 Å². The fourth-order valence-electron chi connectivity index (χ4n) is 2.33. The molecule has 0 fully saturated rings. The highest BCUT2D eigenvalue weighted by molar-refractivity contribution is 7.92. The number of benzene rings is 1. The number of fused-ring (bicyclic) bond motifs is 1. The average Bonchev–Trinajstić information content (AvgIpc) is 2.17. The lowest BCUT2D eigenvalue weighted by Gasteiger charge is -2.35. The van der Waals surface area contributed by atoms with Crippen LogP contribution in [0.5, 0.6) is 0 Å². The van der Waals surface area contributed by atoms with Gasteiger partial charge in [-0.3, -0.25) is 0 Å². The molecule has 2 rings (SSSR count). The Bertz CT molecular complexity index is 541. The molecule has 4 heteroatoms. The van der Waals surface area contributed by atoms with Crippen molar-refractivity contribution >= 4 is 15.5 Å². The Balaban J connectivity index is 2.62. The van der Waals surface area contributed by atoms with Crippen molar-refractivity contribution in [3.63, 3.8) is 0 Å². The Morgan fingerprint density at radius 3 is 2.53 bits per heavy atom. The van der Waals surface area contributed by atoms with E-state index in [1.807, 2.05) is 33.8 Å². The number of aryl methyl sites for hydroxylation is 1. The van der Waals surface area contributed by atoms with E-state index >= 15 is 0 Å². The van der Waals surface area contributed by atoms with Crippen molar-refractivity contribution in [2.75, 3.05) is 11.9 Å². The molecule has 1 aromatic carbocycles. The van der Waals surface area contributed by atoms with Crippen molar-refractivity contribution in [2.45, 2.75) is 37.8 Å². The van der Waals surface area contributed by atoms with Gasteiger partial charge in [-0.2, -0.15) is 0 Å². The maximum atomic E-state index is 12.6. The second kappa shape index (κ2) is 3.73. The molecule has 0 aromatic heterocycles. The Labute approximate surface area is 103 Å². The van der Waals surface area contributed by atoms with Crippen LogP contribution in [-0.2, 0) is 9.84 Å². The molecular weight excluding hydrogens is 234 g/mol. The number of hydrogen-bond acceptors (Lipinski definition) is 3. The summed E-state index contributed by atoms with van der Waals surface area (Å²) in [5.41, 5.74) is 1.50. The normalized spacial score (nSPS) is 22.7. The fourth-order valence-corrected chi connectivity index (χ4v) is 4.66. The SMILES string of the molecule is Cc1cccc2c1NCC(C(C)(C)C)S2(=O)=O. The number of hydrogen-bond donors (Lipinski definition) is 1. The molecule has 1 heterocycles. The minimum Gasteiger partial charge on any atom is -0.382 e. The van der Waals surface area contributed by atoms with Gasteiger partial charge in [0.05, 0.1) is 15.8 Å². The van der Waals surface area contributed by atoms with Crippen LogP contribution in [0.15, 0.2) is 23.1 Å². The molecule has 0 spiro atoms. The monoisotopic (exact) mass is 253 g/mol. The lowest BCUT2D eigenvalue weighted by molar-refractivity contribution is 0.382. The summed E-state index contributed by atoms with van der Waals surface area (Å²) in [6.07, 6.45) is 0. The molecule has 1 unspecified atom stereocenters. The molecule has 3 nitrogen and oxygen atoms in total. The molecule has 1 aliphatic heterocycles. The zero-order valence-electron chi connectivity index (χ0n) is 10.7. The molecule has 0 saturated carbocycles. The van der Waals surface area contributed by atoms with Crippen LogP contribution >= 0.6 is 0 Å². The number of nitrogens with one attached hydrogen (secondary N) is 1. The van der Waals surface area contributed by atoms with E-state index in [2.05, 4.69) is 5.32 Å². The number of anilines is 1. The zero-order valence-corrected chi connectivity index (χ0v) is 11.6. The number of para-hydroxylation sites is 1. The quantitative estimate of drug-likeness (QED) is 0.773. The van der Waals surface area contributed by atoms with E-state index in [-0.39, 0.29) is 10.7 Å². The van der Waals surface area contributed by atoms with Crippen LogP contribution in [0.1, 0.15) is 26.3 Å². The third-order valence-electron chi connectivity index (χ3n) is 3.35. The summed E-state index contributed by atoms with van der Waals surface area (Å²) in [7, 11) is -3.23. The van der Waals surface area contributed by atoms with Gasteiger partial charge in [0.25, 0.3) is 0 Å². The first-order chi connectivity index (χ1) is 7.74. The first-order valence-corrected chi connectivity index (χ1v) is 7.36. The van der Waals surface area contributed by atoms with Crippen LogP contribution in [-0.4, -0.2) is 20.2 Å². The standard InChI is InChI=1S/C13H19NO2S/c1-9-6-5-7-10-12(9)14-8-11(13(2,3)4)17(10,15)16/h5-7,11,14H,8H2,1-4H3. The minimum atomic E-state index is -3.23. The Kier molecular flexibility index (Phi) is 2.73. The maximum Gasteiger partial charge on any atom is 0.185 e. The van der Waals surface area contributed by atoms with Gasteiger partial charge in [-0.1, -0.05) is 32.9 Å². The van der Waals surface area contributed by atoms with E-state index < -0.39 is 9.84 Å². The van der Waals surface area contributed by atoms with Gasteiger partial charge in [0, 0.05) is 6.54 Å². The summed E-state index contributed by atoms with van der Waals surface area (Å²) in [4.78, 5) is 0.448. The maximum absolute atomic E-state index is 12.6. The molecule has 0 radical (unpaired) electrons. The van der Waals surface area contributed by atoms with E-state index in [0.717, 1.165) is 11.3 Å². The summed E-state index contributed by atoms with van der Waals surface area (Å²) in [5, 5.41) is 2.89. The molecule has 94 valence electrons. The highest BCUT2D eigenvalue weighted by Gasteiger charge is 2.41. The van der Waals surface area contributed by atoms with Crippen LogP contribution < -0.4 is 5.32 Å². The van der Waals surface area contributed by atoms with Crippen LogP contribution in [0.4, 0.5) is 5.69 Å². The fraction of sp³-hybridized carbons (Fsp3) is 0.538. The van der Waals surface area contributed by atoms with Crippen LogP contribution in [0.3, 0.4) is 0 Å². The van der Waals surface area contributed by atoms with E-state index in [4.69, 9.17) is 0 Å². The molecule has 1 aliphatic rings. The van der Waals surface area contributed by atoms with Crippen molar-refractivity contribution < 1.29 is 8.42 Å². The van der Waals surface area contributed by atoms with Crippen LogP contribution in [0, 0.1) is 12.3 Å². The summed E-state index contributed by atoms with van der Waals surface area (Å²) < 4.78 is 25.1. The van der Waals surface area contributed by atoms with Gasteiger partial charge in [-0.25, -0.2) is 8.42 Å². The van der Waals surface area contributed by atoms with Crippen LogP contribution in [0.2, 0.25) is 0 Å². The predicted molar refractivity (Wildman–Crippen MR) is 70.1 cm³/mol. The van der Waals surface area contributed by atoms with E-state index in [1.165, 1.54) is 0 Å². The first-order valence-electron chi connectivity index (χ1n) is 5.82. The van der Waals surface area contributed by atoms with Gasteiger partial charge in [-0.15, -0.1) is 0 Å². The number of sulfone groups is 1. The Morgan fingerprint density at radius 2 is 1.94 bits per heavy atom. The highest BCUT2D eigenvalue weighted by Crippen LogP contribution is 2.38. The average molecular weight is 253 g/mol. The predicted octanol–water partition coefficient (Wildman–Crippen LogP) is 2.61. The van der Waals surface area contributed by atoms with E-state index in [1.54, 1.807) is 12.1 Å². The first kappa shape index (κ1) is 12.4. The zero-order chi connectivity index (χ0) is 12.8. The third-order valence-corrected chi connectivity index (χ3v) is 5.92. The topological polar surface area (TPSA) is 46.2 Å². The third kappa shape index (κ3) is 1.95. The van der Waals surface area contributed by atoms with Gasteiger partial charge in [0.15, 0.2) is 9.84 Å². The van der Waals surface area contributed by atoms with Gasteiger partial charge in [0.1, 0.15) is 0 Å². The molecule has 0 aliphatic carbocycles. The number of rotatable bonds is 0. The second-order valence-corrected chi connectivity index (χ2v) is 7.83. The highest BCUT2D eigenvalue weighted by atomic mass is 32.2. The summed E-state index contributed by atoms with van der Waals surface area (Å²) in [5.74, 6) is 0. The largest absolute Gasteiger partial charge is 0.382 e. The molecule has 1 aromatic rings. The Morgan fingerprint density at radius 1 is 1.29 bits per heavy atom. The molecular formula is C13H19NO2S. The van der Waals surface area contributed by atoms with Crippen molar-refractivity contribution in [1.82, 2.24) is 0 Å². The molecule has 1 atom stereocenters. The van der Waals surface area contributed by atoms with Gasteiger partial charge in [-0.05, 0) is 24.0 Å². The summed E-state index contributed by atoms with van der Waals surface area (Å²) in [6, 6.07) is 5.43. The lowest BCUT2D eigenvalue weighted by atomic mass is 9.91. The molecule has 0 bridgehead atoms. The minimum absolute atomic E-state index is 0.257. The lowest BCUT2D eigenvalue weighted by Crippen LogP contribution is -2.43. The van der Waals surface area contributed by atoms with Crippen molar-refractivity contribution in [3.8, 4) is 0 Å². The molecule has 0 saturated heterocycles. The van der Waals surface area contributed by atoms with Gasteiger partial charge >= 0.3 is 0 Å². The van der Waals surface area contributed by atoms with Gasteiger partial charge in [0.2, 0.25) is 0 Å². The van der Waals surface area contributed by atoms with E-state index in [0.29, 0.717) is 11.4 Å². The molecule has 0 amide bonds. The van der Waals surface area contributed by atoms with Crippen LogP contribution in [0.25, 0.3) is 0 Å². The van der Waals surface area contributed by atoms with Crippen molar-refractivity contribution in [2.24, 2.45) is 5.41 Å². The van der Waals surface area contributed by atoms with Crippen molar-refractivity contribution in [1.29, 1.82) is 0 Å².